The first kappa shape index (κ1) is 14.6. The van der Waals surface area contributed by atoms with E-state index in [0.717, 1.165) is 4.47 Å². The molecule has 1 aromatic carbocycles. The van der Waals surface area contributed by atoms with E-state index in [-0.39, 0.29) is 6.61 Å². The van der Waals surface area contributed by atoms with Crippen molar-refractivity contribution in [3.63, 3.8) is 0 Å². The number of ether oxygens (including phenoxy) is 1. The minimum Gasteiger partial charge on any atom is -0.465 e. The van der Waals surface area contributed by atoms with Gasteiger partial charge in [-0.15, -0.1) is 0 Å². The van der Waals surface area contributed by atoms with Crippen molar-refractivity contribution in [1.29, 1.82) is 0 Å². The number of hydrogen-bond acceptors (Lipinski definition) is 4. The van der Waals surface area contributed by atoms with Gasteiger partial charge in [0.1, 0.15) is 0 Å². The van der Waals surface area contributed by atoms with Gasteiger partial charge in [0.15, 0.2) is 5.41 Å². The summed E-state index contributed by atoms with van der Waals surface area (Å²) in [6.45, 7) is 2.95. The first-order valence-electron chi connectivity index (χ1n) is 5.23. The average Bonchev–Trinajstić information content (AvgIpc) is 2.37. The second-order valence-corrected chi connectivity index (χ2v) is 4.63. The molecule has 0 aliphatic rings. The van der Waals surface area contributed by atoms with Crippen LogP contribution in [0.3, 0.4) is 0 Å². The molecule has 6 heteroatoms. The van der Waals surface area contributed by atoms with Gasteiger partial charge in [-0.3, -0.25) is 9.74 Å². The second kappa shape index (κ2) is 5.95. The highest BCUT2D eigenvalue weighted by atomic mass is 79.9. The summed E-state index contributed by atoms with van der Waals surface area (Å²) in [6, 6.07) is 6.33. The molecule has 0 aromatic heterocycles. The SMILES string of the molecule is CCOC(=O)C(C)(C(=O)OF)c1ccc(Br)cc1. The largest absolute Gasteiger partial charge is 0.465 e. The van der Waals surface area contributed by atoms with Crippen LogP contribution in [0, 0.1) is 0 Å². The Hall–Kier alpha value is -1.43. The molecule has 0 saturated carbocycles. The lowest BCUT2D eigenvalue weighted by atomic mass is 9.82. The maximum absolute atomic E-state index is 12.2. The van der Waals surface area contributed by atoms with Gasteiger partial charge in [-0.2, -0.15) is 0 Å². The van der Waals surface area contributed by atoms with Gasteiger partial charge in [0.2, 0.25) is 0 Å². The van der Waals surface area contributed by atoms with Crippen molar-refractivity contribution >= 4 is 27.9 Å². The topological polar surface area (TPSA) is 52.6 Å². The minimum absolute atomic E-state index is 0.0878. The van der Waals surface area contributed by atoms with Gasteiger partial charge in [-0.25, -0.2) is 4.79 Å². The van der Waals surface area contributed by atoms with Crippen LogP contribution in [-0.4, -0.2) is 18.5 Å². The third-order valence-corrected chi connectivity index (χ3v) is 3.11. The van der Waals surface area contributed by atoms with Crippen LogP contribution in [0.2, 0.25) is 0 Å². The molecular weight excluding hydrogens is 307 g/mol. The van der Waals surface area contributed by atoms with Crippen molar-refractivity contribution in [2.24, 2.45) is 0 Å². The van der Waals surface area contributed by atoms with Crippen molar-refractivity contribution in [2.75, 3.05) is 6.61 Å². The van der Waals surface area contributed by atoms with E-state index in [9.17, 15) is 14.1 Å². The van der Waals surface area contributed by atoms with Crippen LogP contribution < -0.4 is 0 Å². The van der Waals surface area contributed by atoms with Gasteiger partial charge in [-0.1, -0.05) is 28.1 Å². The van der Waals surface area contributed by atoms with Crippen molar-refractivity contribution in [2.45, 2.75) is 19.3 Å². The molecule has 0 fully saturated rings. The lowest BCUT2D eigenvalue weighted by Gasteiger charge is -2.23. The Morgan fingerprint density at radius 1 is 1.28 bits per heavy atom. The zero-order chi connectivity index (χ0) is 13.8. The third-order valence-electron chi connectivity index (χ3n) is 2.58. The average molecular weight is 319 g/mol. The van der Waals surface area contributed by atoms with E-state index in [1.807, 2.05) is 0 Å². The lowest BCUT2D eigenvalue weighted by Crippen LogP contribution is -2.42. The number of esters is 1. The molecule has 98 valence electrons. The minimum atomic E-state index is -1.81. The Balaban J connectivity index is 3.24. The van der Waals surface area contributed by atoms with Gasteiger partial charge in [0, 0.05) is 9.00 Å². The van der Waals surface area contributed by atoms with E-state index < -0.39 is 17.4 Å². The van der Waals surface area contributed by atoms with Crippen molar-refractivity contribution < 1.29 is 23.8 Å². The number of halogens is 2. The monoisotopic (exact) mass is 318 g/mol. The molecule has 0 aliphatic heterocycles. The van der Waals surface area contributed by atoms with Crippen LogP contribution in [0.5, 0.6) is 0 Å². The van der Waals surface area contributed by atoms with Gasteiger partial charge in [-0.05, 0) is 31.5 Å². The highest BCUT2D eigenvalue weighted by Gasteiger charge is 2.47. The van der Waals surface area contributed by atoms with Crippen LogP contribution in [0.4, 0.5) is 4.53 Å². The van der Waals surface area contributed by atoms with E-state index in [4.69, 9.17) is 4.74 Å². The molecule has 1 atom stereocenters. The Morgan fingerprint density at radius 3 is 2.28 bits per heavy atom. The maximum atomic E-state index is 12.2. The fraction of sp³-hybridized carbons (Fsp3) is 0.333. The van der Waals surface area contributed by atoms with E-state index >= 15 is 0 Å². The Labute approximate surface area is 112 Å². The summed E-state index contributed by atoms with van der Waals surface area (Å²) in [5, 5.41) is 0. The molecule has 0 amide bonds. The highest BCUT2D eigenvalue weighted by molar-refractivity contribution is 9.10. The summed E-state index contributed by atoms with van der Waals surface area (Å²) in [7, 11) is 0. The zero-order valence-electron chi connectivity index (χ0n) is 9.91. The van der Waals surface area contributed by atoms with Crippen LogP contribution in [-0.2, 0) is 24.7 Å². The van der Waals surface area contributed by atoms with Crippen LogP contribution in [0.1, 0.15) is 19.4 Å². The van der Waals surface area contributed by atoms with Crippen LogP contribution in [0.25, 0.3) is 0 Å². The van der Waals surface area contributed by atoms with Crippen molar-refractivity contribution in [3.8, 4) is 0 Å². The fourth-order valence-corrected chi connectivity index (χ4v) is 1.72. The van der Waals surface area contributed by atoms with E-state index in [2.05, 4.69) is 20.9 Å². The van der Waals surface area contributed by atoms with Gasteiger partial charge in [0.25, 0.3) is 0 Å². The van der Waals surface area contributed by atoms with E-state index in [1.165, 1.54) is 19.1 Å². The number of rotatable bonds is 4. The first-order valence-corrected chi connectivity index (χ1v) is 6.02. The molecule has 0 heterocycles. The summed E-state index contributed by atoms with van der Waals surface area (Å²) in [5.74, 6) is -2.15. The summed E-state index contributed by atoms with van der Waals surface area (Å²) >= 11 is 3.23. The fourth-order valence-electron chi connectivity index (χ4n) is 1.45. The Morgan fingerprint density at radius 2 is 1.83 bits per heavy atom. The third kappa shape index (κ3) is 2.69. The molecule has 4 nitrogen and oxygen atoms in total. The standard InChI is InChI=1S/C12H12BrFO4/c1-3-17-10(15)12(2,11(16)18-14)8-4-6-9(13)7-5-8/h4-7H,3H2,1-2H3. The summed E-state index contributed by atoms with van der Waals surface area (Å²) in [6.07, 6.45) is 0. The second-order valence-electron chi connectivity index (χ2n) is 3.72. The predicted octanol–water partition coefficient (Wildman–Crippen LogP) is 2.70. The molecule has 1 unspecified atom stereocenters. The van der Waals surface area contributed by atoms with E-state index in [0.29, 0.717) is 5.56 Å². The number of benzene rings is 1. The van der Waals surface area contributed by atoms with Gasteiger partial charge >= 0.3 is 11.9 Å². The van der Waals surface area contributed by atoms with Crippen molar-refractivity contribution in [3.05, 3.63) is 34.3 Å². The molecule has 0 spiro atoms. The Kier molecular flexibility index (Phi) is 4.84. The first-order chi connectivity index (χ1) is 8.46. The van der Waals surface area contributed by atoms with Crippen LogP contribution in [0.15, 0.2) is 28.7 Å². The molecular formula is C12H12BrFO4. The van der Waals surface area contributed by atoms with Gasteiger partial charge in [0.05, 0.1) is 6.61 Å². The zero-order valence-corrected chi connectivity index (χ0v) is 11.5. The lowest BCUT2D eigenvalue weighted by molar-refractivity contribution is -0.194. The molecule has 0 bridgehead atoms. The number of carbonyl (C=O) groups is 2. The molecule has 0 saturated heterocycles. The van der Waals surface area contributed by atoms with Crippen LogP contribution >= 0.6 is 15.9 Å². The Bertz CT molecular complexity index is 446. The normalized spacial score (nSPS) is 13.6. The molecule has 0 aliphatic carbocycles. The molecule has 1 aromatic rings. The predicted molar refractivity (Wildman–Crippen MR) is 65.3 cm³/mol. The highest BCUT2D eigenvalue weighted by Crippen LogP contribution is 2.28. The van der Waals surface area contributed by atoms with Gasteiger partial charge < -0.3 is 4.74 Å². The smallest absolute Gasteiger partial charge is 0.370 e. The quantitative estimate of drug-likeness (QED) is 0.632. The van der Waals surface area contributed by atoms with E-state index in [1.54, 1.807) is 19.1 Å². The molecule has 1 rings (SSSR count). The molecule has 0 N–H and O–H groups in total. The summed E-state index contributed by atoms with van der Waals surface area (Å²) in [4.78, 5) is 26.6. The maximum Gasteiger partial charge on any atom is 0.370 e. The summed E-state index contributed by atoms with van der Waals surface area (Å²) in [5.41, 5.74) is -1.52. The summed E-state index contributed by atoms with van der Waals surface area (Å²) < 4.78 is 17.7. The number of carbonyl (C=O) groups excluding carboxylic acids is 2. The molecule has 18 heavy (non-hydrogen) atoms. The molecule has 0 radical (unpaired) electrons. The number of hydrogen-bond donors (Lipinski definition) is 0. The van der Waals surface area contributed by atoms with Crippen molar-refractivity contribution in [1.82, 2.24) is 0 Å².